The average Bonchev–Trinajstić information content (AvgIpc) is 2.22. The topological polar surface area (TPSA) is 115 Å². The van der Waals surface area contributed by atoms with E-state index < -0.39 is 10.0 Å². The number of benzene rings is 1. The molecule has 0 aliphatic heterocycles. The first-order valence-electron chi connectivity index (χ1n) is 4.89. The quantitative estimate of drug-likeness (QED) is 0.742. The Balaban J connectivity index is 0.00000289. The lowest BCUT2D eigenvalue weighted by molar-refractivity contribution is -0.114. The number of carbonyl (C=O) groups excluding carboxylic acids is 1. The molecule has 0 aliphatic rings. The first-order chi connectivity index (χ1) is 7.75. The summed E-state index contributed by atoms with van der Waals surface area (Å²) in [5, 5.41) is 7.57. The molecule has 0 aromatic heterocycles. The van der Waals surface area contributed by atoms with Crippen molar-refractivity contribution in [2.75, 3.05) is 11.9 Å². The van der Waals surface area contributed by atoms with Gasteiger partial charge in [-0.25, -0.2) is 13.6 Å². The van der Waals surface area contributed by atoms with Crippen molar-refractivity contribution in [3.8, 4) is 0 Å². The van der Waals surface area contributed by atoms with Gasteiger partial charge in [0.1, 0.15) is 0 Å². The number of sulfonamides is 1. The Hall–Kier alpha value is -1.15. The number of hydrogen-bond acceptors (Lipinski definition) is 4. The molecule has 0 radical (unpaired) electrons. The molecule has 8 heteroatoms. The Kier molecular flexibility index (Phi) is 5.75. The van der Waals surface area contributed by atoms with Crippen LogP contribution >= 0.6 is 12.4 Å². The molecule has 6 nitrogen and oxygen atoms in total. The molecule has 1 rings (SSSR count). The van der Waals surface area contributed by atoms with Crippen LogP contribution in [0.2, 0.25) is 0 Å². The summed E-state index contributed by atoms with van der Waals surface area (Å²) in [7, 11) is -3.79. The number of rotatable bonds is 3. The minimum Gasteiger partial charge on any atom is -0.325 e. The van der Waals surface area contributed by atoms with Crippen molar-refractivity contribution in [1.29, 1.82) is 0 Å². The smallest absolute Gasteiger partial charge is 0.238 e. The lowest BCUT2D eigenvalue weighted by Crippen LogP contribution is -2.23. The van der Waals surface area contributed by atoms with E-state index in [-0.39, 0.29) is 29.8 Å². The summed E-state index contributed by atoms with van der Waals surface area (Å²) >= 11 is 0. The molecule has 0 bridgehead atoms. The van der Waals surface area contributed by atoms with Crippen molar-refractivity contribution in [3.05, 3.63) is 23.3 Å². The summed E-state index contributed by atoms with van der Waals surface area (Å²) in [6, 6.07) is 2.79. The normalized spacial score (nSPS) is 10.7. The minimum atomic E-state index is -3.79. The highest BCUT2D eigenvalue weighted by Crippen LogP contribution is 2.23. The van der Waals surface area contributed by atoms with Crippen molar-refractivity contribution < 1.29 is 13.2 Å². The minimum absolute atomic E-state index is 0. The Morgan fingerprint density at radius 3 is 2.33 bits per heavy atom. The lowest BCUT2D eigenvalue weighted by atomic mass is 10.1. The largest absolute Gasteiger partial charge is 0.325 e. The van der Waals surface area contributed by atoms with Crippen molar-refractivity contribution in [2.45, 2.75) is 18.7 Å². The van der Waals surface area contributed by atoms with E-state index in [0.29, 0.717) is 5.69 Å². The molecule has 1 aromatic rings. The van der Waals surface area contributed by atoms with Crippen LogP contribution in [-0.2, 0) is 14.8 Å². The Labute approximate surface area is 112 Å². The standard InChI is InChI=1S/C10H15N3O3S.ClH/c1-6-3-8(17(12,15)16)4-9(7(6)2)13-10(14)5-11;/h3-4H,5,11H2,1-2H3,(H,13,14)(H2,12,15,16);1H. The van der Waals surface area contributed by atoms with Crippen LogP contribution in [0.1, 0.15) is 11.1 Å². The van der Waals surface area contributed by atoms with Crippen molar-refractivity contribution in [3.63, 3.8) is 0 Å². The summed E-state index contributed by atoms with van der Waals surface area (Å²) in [4.78, 5) is 11.2. The van der Waals surface area contributed by atoms with Crippen LogP contribution in [0, 0.1) is 13.8 Å². The van der Waals surface area contributed by atoms with Gasteiger partial charge in [0.2, 0.25) is 15.9 Å². The molecule has 0 aliphatic carbocycles. The highest BCUT2D eigenvalue weighted by atomic mass is 35.5. The Morgan fingerprint density at radius 1 is 1.33 bits per heavy atom. The van der Waals surface area contributed by atoms with Crippen LogP contribution in [0.3, 0.4) is 0 Å². The molecule has 0 saturated heterocycles. The first kappa shape index (κ1) is 16.9. The van der Waals surface area contributed by atoms with Crippen LogP contribution in [-0.4, -0.2) is 20.9 Å². The zero-order valence-corrected chi connectivity index (χ0v) is 11.7. The van der Waals surface area contributed by atoms with Gasteiger partial charge in [-0.15, -0.1) is 12.4 Å². The Bertz CT molecular complexity index is 558. The van der Waals surface area contributed by atoms with Gasteiger partial charge < -0.3 is 11.1 Å². The maximum atomic E-state index is 11.2. The van der Waals surface area contributed by atoms with E-state index in [1.807, 2.05) is 0 Å². The van der Waals surface area contributed by atoms with Crippen molar-refractivity contribution in [2.24, 2.45) is 10.9 Å². The molecule has 1 aromatic carbocycles. The number of anilines is 1. The SMILES string of the molecule is Cc1cc(S(N)(=O)=O)cc(NC(=O)CN)c1C.Cl. The summed E-state index contributed by atoms with van der Waals surface area (Å²) in [6.07, 6.45) is 0. The van der Waals surface area contributed by atoms with Gasteiger partial charge in [-0.05, 0) is 37.1 Å². The number of nitrogens with one attached hydrogen (secondary N) is 1. The second kappa shape index (κ2) is 6.14. The van der Waals surface area contributed by atoms with Gasteiger partial charge in [-0.3, -0.25) is 4.79 Å². The van der Waals surface area contributed by atoms with Gasteiger partial charge in [-0.2, -0.15) is 0 Å². The fourth-order valence-electron chi connectivity index (χ4n) is 1.32. The van der Waals surface area contributed by atoms with Gasteiger partial charge in [0.15, 0.2) is 0 Å². The lowest BCUT2D eigenvalue weighted by Gasteiger charge is -2.12. The summed E-state index contributed by atoms with van der Waals surface area (Å²) in [6.45, 7) is 3.34. The second-order valence-electron chi connectivity index (χ2n) is 3.71. The highest BCUT2D eigenvalue weighted by Gasteiger charge is 2.13. The van der Waals surface area contributed by atoms with E-state index >= 15 is 0 Å². The number of carbonyl (C=O) groups is 1. The molecule has 18 heavy (non-hydrogen) atoms. The van der Waals surface area contributed by atoms with Crippen LogP contribution in [0.5, 0.6) is 0 Å². The predicted molar refractivity (Wildman–Crippen MR) is 72.2 cm³/mol. The molecule has 0 heterocycles. The van der Waals surface area contributed by atoms with Crippen LogP contribution in [0.4, 0.5) is 5.69 Å². The summed E-state index contributed by atoms with van der Waals surface area (Å²) in [5.74, 6) is -0.390. The molecule has 0 unspecified atom stereocenters. The monoisotopic (exact) mass is 293 g/mol. The van der Waals surface area contributed by atoms with Gasteiger partial charge >= 0.3 is 0 Å². The Morgan fingerprint density at radius 2 is 1.89 bits per heavy atom. The number of aryl methyl sites for hydroxylation is 1. The van der Waals surface area contributed by atoms with E-state index in [1.54, 1.807) is 13.8 Å². The number of amides is 1. The third kappa shape index (κ3) is 3.95. The maximum Gasteiger partial charge on any atom is 0.238 e. The van der Waals surface area contributed by atoms with E-state index in [1.165, 1.54) is 12.1 Å². The van der Waals surface area contributed by atoms with Crippen molar-refractivity contribution in [1.82, 2.24) is 0 Å². The van der Waals surface area contributed by atoms with Gasteiger partial charge in [0.05, 0.1) is 11.4 Å². The molecular formula is C10H16ClN3O3S. The third-order valence-corrected chi connectivity index (χ3v) is 3.32. The molecule has 5 N–H and O–H groups in total. The van der Waals surface area contributed by atoms with Crippen LogP contribution in [0.25, 0.3) is 0 Å². The van der Waals surface area contributed by atoms with E-state index in [0.717, 1.165) is 11.1 Å². The molecule has 0 spiro atoms. The molecule has 1 amide bonds. The number of hydrogen-bond donors (Lipinski definition) is 3. The van der Waals surface area contributed by atoms with Gasteiger partial charge in [-0.1, -0.05) is 0 Å². The third-order valence-electron chi connectivity index (χ3n) is 2.43. The summed E-state index contributed by atoms with van der Waals surface area (Å²) in [5.41, 5.74) is 7.09. The first-order valence-corrected chi connectivity index (χ1v) is 6.44. The van der Waals surface area contributed by atoms with Crippen LogP contribution < -0.4 is 16.2 Å². The molecule has 0 atom stereocenters. The zero-order chi connectivity index (χ0) is 13.2. The molecule has 0 fully saturated rings. The van der Waals surface area contributed by atoms with Crippen LogP contribution in [0.15, 0.2) is 17.0 Å². The molecule has 0 saturated carbocycles. The maximum absolute atomic E-state index is 11.2. The zero-order valence-electron chi connectivity index (χ0n) is 10.1. The van der Waals surface area contributed by atoms with E-state index in [9.17, 15) is 13.2 Å². The second-order valence-corrected chi connectivity index (χ2v) is 5.27. The summed E-state index contributed by atoms with van der Waals surface area (Å²) < 4.78 is 22.5. The van der Waals surface area contributed by atoms with E-state index in [2.05, 4.69) is 5.32 Å². The fraction of sp³-hybridized carbons (Fsp3) is 0.300. The number of halogens is 1. The molecular weight excluding hydrogens is 278 g/mol. The number of nitrogens with two attached hydrogens (primary N) is 2. The fourth-order valence-corrected chi connectivity index (χ4v) is 1.94. The van der Waals surface area contributed by atoms with E-state index in [4.69, 9.17) is 10.9 Å². The predicted octanol–water partition coefficient (Wildman–Crippen LogP) is 0.270. The van der Waals surface area contributed by atoms with Gasteiger partial charge in [0, 0.05) is 5.69 Å². The number of primary sulfonamides is 1. The highest BCUT2D eigenvalue weighted by molar-refractivity contribution is 7.89. The molecule has 102 valence electrons. The average molecular weight is 294 g/mol. The van der Waals surface area contributed by atoms with Crippen molar-refractivity contribution >= 4 is 34.0 Å². The van der Waals surface area contributed by atoms with Gasteiger partial charge in [0.25, 0.3) is 0 Å².